The third-order valence-electron chi connectivity index (χ3n) is 3.96. The van der Waals surface area contributed by atoms with Crippen molar-refractivity contribution < 1.29 is 14.7 Å². The summed E-state index contributed by atoms with van der Waals surface area (Å²) in [7, 11) is 1.82. The number of carbonyl (C=O) groups is 2. The molecule has 1 aromatic carbocycles. The first-order valence-electron chi connectivity index (χ1n) is 7.07. The maximum absolute atomic E-state index is 12.4. The van der Waals surface area contributed by atoms with E-state index in [1.807, 2.05) is 7.05 Å². The number of hydrogen-bond acceptors (Lipinski definition) is 3. The molecule has 0 heterocycles. The number of amides is 1. The van der Waals surface area contributed by atoms with Crippen LogP contribution in [0.15, 0.2) is 30.3 Å². The molecule has 5 heteroatoms. The SMILES string of the molecule is CNC1(C(=O)Nc2ccc(/C=C/C(=O)O)cc2)CCCC1. The summed E-state index contributed by atoms with van der Waals surface area (Å²) < 4.78 is 0. The van der Waals surface area contributed by atoms with Gasteiger partial charge in [-0.25, -0.2) is 4.79 Å². The van der Waals surface area contributed by atoms with Gasteiger partial charge in [-0.15, -0.1) is 0 Å². The van der Waals surface area contributed by atoms with Gasteiger partial charge in [0.05, 0.1) is 5.54 Å². The van der Waals surface area contributed by atoms with Gasteiger partial charge in [0.15, 0.2) is 0 Å². The molecule has 0 unspecified atom stereocenters. The minimum atomic E-state index is -0.982. The largest absolute Gasteiger partial charge is 0.478 e. The van der Waals surface area contributed by atoms with Crippen molar-refractivity contribution in [3.8, 4) is 0 Å². The molecule has 0 atom stereocenters. The molecule has 0 bridgehead atoms. The van der Waals surface area contributed by atoms with Gasteiger partial charge in [0.1, 0.15) is 0 Å². The minimum Gasteiger partial charge on any atom is -0.478 e. The Morgan fingerprint density at radius 1 is 1.19 bits per heavy atom. The Labute approximate surface area is 124 Å². The van der Waals surface area contributed by atoms with Crippen molar-refractivity contribution >= 4 is 23.6 Å². The summed E-state index contributed by atoms with van der Waals surface area (Å²) in [5.41, 5.74) is 1.04. The molecule has 3 N–H and O–H groups in total. The fraction of sp³-hybridized carbons (Fsp3) is 0.375. The molecule has 2 rings (SSSR count). The van der Waals surface area contributed by atoms with Crippen LogP contribution in [-0.4, -0.2) is 29.6 Å². The van der Waals surface area contributed by atoms with E-state index in [9.17, 15) is 9.59 Å². The van der Waals surface area contributed by atoms with Crippen LogP contribution < -0.4 is 10.6 Å². The van der Waals surface area contributed by atoms with Crippen LogP contribution in [0.3, 0.4) is 0 Å². The Hall–Kier alpha value is -2.14. The average Bonchev–Trinajstić information content (AvgIpc) is 2.96. The summed E-state index contributed by atoms with van der Waals surface area (Å²) in [6, 6.07) is 7.10. The zero-order chi connectivity index (χ0) is 15.3. The van der Waals surface area contributed by atoms with Crippen LogP contribution >= 0.6 is 0 Å². The van der Waals surface area contributed by atoms with Gasteiger partial charge in [0.25, 0.3) is 0 Å². The fourth-order valence-electron chi connectivity index (χ4n) is 2.66. The molecule has 112 valence electrons. The highest BCUT2D eigenvalue weighted by molar-refractivity contribution is 5.98. The summed E-state index contributed by atoms with van der Waals surface area (Å²) in [5, 5.41) is 14.7. The summed E-state index contributed by atoms with van der Waals surface area (Å²) in [6.07, 6.45) is 6.44. The first kappa shape index (κ1) is 15.3. The fourth-order valence-corrected chi connectivity index (χ4v) is 2.66. The monoisotopic (exact) mass is 288 g/mol. The molecule has 1 aliphatic rings. The molecule has 1 saturated carbocycles. The third kappa shape index (κ3) is 3.70. The molecule has 0 spiro atoms. The third-order valence-corrected chi connectivity index (χ3v) is 3.96. The number of carboxylic acid groups (broad SMARTS) is 1. The smallest absolute Gasteiger partial charge is 0.328 e. The lowest BCUT2D eigenvalue weighted by molar-refractivity contribution is -0.131. The Morgan fingerprint density at radius 2 is 1.81 bits per heavy atom. The molecule has 0 saturated heterocycles. The van der Waals surface area contributed by atoms with Gasteiger partial charge in [-0.05, 0) is 43.7 Å². The van der Waals surface area contributed by atoms with E-state index >= 15 is 0 Å². The van der Waals surface area contributed by atoms with Crippen molar-refractivity contribution in [2.75, 3.05) is 12.4 Å². The Morgan fingerprint density at radius 3 is 2.33 bits per heavy atom. The zero-order valence-electron chi connectivity index (χ0n) is 12.1. The highest BCUT2D eigenvalue weighted by Crippen LogP contribution is 2.30. The van der Waals surface area contributed by atoms with Crippen LogP contribution in [-0.2, 0) is 9.59 Å². The van der Waals surface area contributed by atoms with Crippen molar-refractivity contribution in [1.29, 1.82) is 0 Å². The van der Waals surface area contributed by atoms with E-state index in [0.29, 0.717) is 5.69 Å². The van der Waals surface area contributed by atoms with E-state index in [1.165, 1.54) is 6.08 Å². The quantitative estimate of drug-likeness (QED) is 0.726. The van der Waals surface area contributed by atoms with Crippen molar-refractivity contribution in [3.63, 3.8) is 0 Å². The minimum absolute atomic E-state index is 0.00340. The summed E-state index contributed by atoms with van der Waals surface area (Å²) in [5.74, 6) is -0.985. The van der Waals surface area contributed by atoms with Crippen molar-refractivity contribution in [1.82, 2.24) is 5.32 Å². The Bertz CT molecular complexity index is 543. The van der Waals surface area contributed by atoms with Crippen LogP contribution in [0.4, 0.5) is 5.69 Å². The lowest BCUT2D eigenvalue weighted by Crippen LogP contribution is -2.50. The molecule has 5 nitrogen and oxygen atoms in total. The van der Waals surface area contributed by atoms with Crippen LogP contribution in [0.5, 0.6) is 0 Å². The number of hydrogen-bond donors (Lipinski definition) is 3. The molecule has 0 aromatic heterocycles. The van der Waals surface area contributed by atoms with Crippen molar-refractivity contribution in [2.24, 2.45) is 0 Å². The summed E-state index contributed by atoms with van der Waals surface area (Å²) in [4.78, 5) is 22.9. The van der Waals surface area contributed by atoms with Gasteiger partial charge >= 0.3 is 5.97 Å². The predicted molar refractivity (Wildman–Crippen MR) is 82.0 cm³/mol. The lowest BCUT2D eigenvalue weighted by Gasteiger charge is -2.27. The second kappa shape index (κ2) is 6.54. The molecule has 1 aromatic rings. The number of aliphatic carboxylic acids is 1. The first-order valence-corrected chi connectivity index (χ1v) is 7.07. The summed E-state index contributed by atoms with van der Waals surface area (Å²) >= 11 is 0. The molecule has 21 heavy (non-hydrogen) atoms. The van der Waals surface area contributed by atoms with Gasteiger partial charge in [0, 0.05) is 11.8 Å². The van der Waals surface area contributed by atoms with E-state index in [0.717, 1.165) is 37.3 Å². The predicted octanol–water partition coefficient (Wildman–Crippen LogP) is 2.26. The molecule has 0 radical (unpaired) electrons. The molecule has 1 aliphatic carbocycles. The van der Waals surface area contributed by atoms with E-state index in [2.05, 4.69) is 10.6 Å². The lowest BCUT2D eigenvalue weighted by atomic mass is 9.96. The van der Waals surface area contributed by atoms with Gasteiger partial charge in [-0.2, -0.15) is 0 Å². The maximum atomic E-state index is 12.4. The molecule has 1 amide bonds. The molecule has 1 fully saturated rings. The first-order chi connectivity index (χ1) is 10.1. The number of benzene rings is 1. The standard InChI is InChI=1S/C16H20N2O3/c1-17-16(10-2-3-11-16)15(21)18-13-7-4-12(5-8-13)6-9-14(19)20/h4-9,17H,2-3,10-11H2,1H3,(H,18,21)(H,19,20)/b9-6+. The topological polar surface area (TPSA) is 78.4 Å². The van der Waals surface area contributed by atoms with E-state index in [1.54, 1.807) is 24.3 Å². The molecular weight excluding hydrogens is 268 g/mol. The Balaban J connectivity index is 2.03. The van der Waals surface area contributed by atoms with Crippen LogP contribution in [0.1, 0.15) is 31.2 Å². The number of likely N-dealkylation sites (N-methyl/N-ethyl adjacent to an activating group) is 1. The van der Waals surface area contributed by atoms with Crippen LogP contribution in [0.2, 0.25) is 0 Å². The van der Waals surface area contributed by atoms with Crippen molar-refractivity contribution in [3.05, 3.63) is 35.9 Å². The number of nitrogens with one attached hydrogen (secondary N) is 2. The van der Waals surface area contributed by atoms with Crippen LogP contribution in [0, 0.1) is 0 Å². The van der Waals surface area contributed by atoms with Crippen molar-refractivity contribution in [2.45, 2.75) is 31.2 Å². The van der Waals surface area contributed by atoms with E-state index in [4.69, 9.17) is 5.11 Å². The number of anilines is 1. The number of carboxylic acids is 1. The van der Waals surface area contributed by atoms with Gasteiger partial charge in [-0.3, -0.25) is 4.79 Å². The number of rotatable bonds is 5. The Kier molecular flexibility index (Phi) is 4.75. The summed E-state index contributed by atoms with van der Waals surface area (Å²) in [6.45, 7) is 0. The second-order valence-electron chi connectivity index (χ2n) is 5.29. The average molecular weight is 288 g/mol. The second-order valence-corrected chi connectivity index (χ2v) is 5.29. The highest BCUT2D eigenvalue weighted by Gasteiger charge is 2.39. The normalized spacial score (nSPS) is 17.0. The van der Waals surface area contributed by atoms with Gasteiger partial charge in [0.2, 0.25) is 5.91 Å². The highest BCUT2D eigenvalue weighted by atomic mass is 16.4. The van der Waals surface area contributed by atoms with E-state index in [-0.39, 0.29) is 5.91 Å². The molecule has 0 aliphatic heterocycles. The van der Waals surface area contributed by atoms with Gasteiger partial charge in [-0.1, -0.05) is 25.0 Å². The number of carbonyl (C=O) groups excluding carboxylic acids is 1. The van der Waals surface area contributed by atoms with Crippen LogP contribution in [0.25, 0.3) is 6.08 Å². The molecular formula is C16H20N2O3. The maximum Gasteiger partial charge on any atom is 0.328 e. The zero-order valence-corrected chi connectivity index (χ0v) is 12.1. The van der Waals surface area contributed by atoms with Gasteiger partial charge < -0.3 is 15.7 Å². The van der Waals surface area contributed by atoms with E-state index < -0.39 is 11.5 Å².